The van der Waals surface area contributed by atoms with E-state index in [2.05, 4.69) is 4.72 Å². The number of nitrogens with one attached hydrogen (secondary N) is 1. The molecule has 0 aliphatic carbocycles. The number of ether oxygens (including phenoxy) is 1. The Bertz CT molecular complexity index is 647. The van der Waals surface area contributed by atoms with Gasteiger partial charge in [-0.15, -0.1) is 0 Å². The molecule has 1 aliphatic rings. The third-order valence-electron chi connectivity index (χ3n) is 4.05. The first kappa shape index (κ1) is 16.3. The number of benzene rings is 1. The zero-order chi connectivity index (χ0) is 15.8. The standard InChI is InChI=1S/C15H24N2O3S/c1-10-8-11(2)14(12(3)13(10)16)21(18,19)17-15(4)6-5-7-20-9-15/h8,17H,5-7,9,16H2,1-4H3. The molecule has 0 aromatic heterocycles. The van der Waals surface area contributed by atoms with E-state index in [1.54, 1.807) is 13.8 Å². The van der Waals surface area contributed by atoms with Gasteiger partial charge >= 0.3 is 0 Å². The van der Waals surface area contributed by atoms with Crippen molar-refractivity contribution in [2.75, 3.05) is 18.9 Å². The molecule has 0 radical (unpaired) electrons. The van der Waals surface area contributed by atoms with E-state index in [4.69, 9.17) is 10.5 Å². The lowest BCUT2D eigenvalue weighted by atomic mass is 9.97. The number of nitrogen functional groups attached to an aromatic ring is 1. The zero-order valence-corrected chi connectivity index (χ0v) is 13.9. The van der Waals surface area contributed by atoms with E-state index in [-0.39, 0.29) is 4.90 Å². The quantitative estimate of drug-likeness (QED) is 0.837. The summed E-state index contributed by atoms with van der Waals surface area (Å²) in [4.78, 5) is 0.289. The Balaban J connectivity index is 2.43. The molecule has 1 aromatic carbocycles. The Morgan fingerprint density at radius 3 is 2.52 bits per heavy atom. The second kappa shape index (κ2) is 5.59. The summed E-state index contributed by atoms with van der Waals surface area (Å²) >= 11 is 0. The van der Waals surface area contributed by atoms with Crippen LogP contribution >= 0.6 is 0 Å². The van der Waals surface area contributed by atoms with Gasteiger partial charge in [0.2, 0.25) is 10.0 Å². The highest BCUT2D eigenvalue weighted by molar-refractivity contribution is 7.89. The van der Waals surface area contributed by atoms with Crippen LogP contribution in [-0.4, -0.2) is 27.2 Å². The summed E-state index contributed by atoms with van der Waals surface area (Å²) in [5, 5.41) is 0. The van der Waals surface area contributed by atoms with Crippen molar-refractivity contribution in [3.63, 3.8) is 0 Å². The van der Waals surface area contributed by atoms with Gasteiger partial charge < -0.3 is 10.5 Å². The Kier molecular flexibility index (Phi) is 4.33. The van der Waals surface area contributed by atoms with E-state index in [9.17, 15) is 8.42 Å². The molecular formula is C15H24N2O3S. The summed E-state index contributed by atoms with van der Waals surface area (Å²) in [6.45, 7) is 8.40. The molecule has 1 atom stereocenters. The maximum atomic E-state index is 12.8. The molecule has 1 aliphatic heterocycles. The molecule has 1 fully saturated rings. The number of sulfonamides is 1. The van der Waals surface area contributed by atoms with Gasteiger partial charge in [0.25, 0.3) is 0 Å². The Morgan fingerprint density at radius 2 is 1.95 bits per heavy atom. The van der Waals surface area contributed by atoms with Crippen molar-refractivity contribution in [1.82, 2.24) is 4.72 Å². The highest BCUT2D eigenvalue weighted by Gasteiger charge is 2.34. The van der Waals surface area contributed by atoms with Gasteiger partial charge in [-0.1, -0.05) is 6.07 Å². The second-order valence-electron chi connectivity index (χ2n) is 6.20. The zero-order valence-electron chi connectivity index (χ0n) is 13.1. The van der Waals surface area contributed by atoms with Gasteiger partial charge in [-0.25, -0.2) is 13.1 Å². The largest absolute Gasteiger partial charge is 0.398 e. The van der Waals surface area contributed by atoms with Crippen molar-refractivity contribution in [2.24, 2.45) is 0 Å². The summed E-state index contributed by atoms with van der Waals surface area (Å²) in [5.41, 5.74) is 8.20. The number of nitrogens with two attached hydrogens (primary N) is 1. The molecular weight excluding hydrogens is 288 g/mol. The summed E-state index contributed by atoms with van der Waals surface area (Å²) in [5.74, 6) is 0. The minimum Gasteiger partial charge on any atom is -0.398 e. The Morgan fingerprint density at radius 1 is 1.29 bits per heavy atom. The maximum absolute atomic E-state index is 12.8. The predicted molar refractivity (Wildman–Crippen MR) is 83.8 cm³/mol. The smallest absolute Gasteiger partial charge is 0.241 e. The molecule has 0 saturated carbocycles. The first-order valence-electron chi connectivity index (χ1n) is 7.14. The van der Waals surface area contributed by atoms with Crippen LogP contribution in [0, 0.1) is 20.8 Å². The van der Waals surface area contributed by atoms with Gasteiger partial charge in [0.15, 0.2) is 0 Å². The highest BCUT2D eigenvalue weighted by atomic mass is 32.2. The van der Waals surface area contributed by atoms with Gasteiger partial charge in [0.05, 0.1) is 17.0 Å². The van der Waals surface area contributed by atoms with E-state index in [0.717, 1.165) is 18.4 Å². The summed E-state index contributed by atoms with van der Waals surface area (Å²) in [6.07, 6.45) is 1.62. The van der Waals surface area contributed by atoms with Crippen LogP contribution in [0.2, 0.25) is 0 Å². The molecule has 5 nitrogen and oxygen atoms in total. The van der Waals surface area contributed by atoms with Crippen LogP contribution in [-0.2, 0) is 14.8 Å². The molecule has 6 heteroatoms. The van der Waals surface area contributed by atoms with Crippen LogP contribution in [0.5, 0.6) is 0 Å². The normalized spacial score (nSPS) is 23.2. The number of hydrogen-bond donors (Lipinski definition) is 2. The monoisotopic (exact) mass is 312 g/mol. The molecule has 1 heterocycles. The van der Waals surface area contributed by atoms with Crippen LogP contribution in [0.4, 0.5) is 5.69 Å². The van der Waals surface area contributed by atoms with Crippen LogP contribution in [0.3, 0.4) is 0 Å². The topological polar surface area (TPSA) is 81.4 Å². The van der Waals surface area contributed by atoms with Crippen molar-refractivity contribution >= 4 is 15.7 Å². The van der Waals surface area contributed by atoms with Crippen molar-refractivity contribution in [3.05, 3.63) is 22.8 Å². The lowest BCUT2D eigenvalue weighted by molar-refractivity contribution is 0.0386. The molecule has 0 bridgehead atoms. The first-order valence-corrected chi connectivity index (χ1v) is 8.63. The molecule has 0 amide bonds. The number of hydrogen-bond acceptors (Lipinski definition) is 4. The molecule has 21 heavy (non-hydrogen) atoms. The van der Waals surface area contributed by atoms with Crippen LogP contribution in [0.15, 0.2) is 11.0 Å². The molecule has 2 rings (SSSR count). The molecule has 118 valence electrons. The SMILES string of the molecule is Cc1cc(C)c(S(=O)(=O)NC2(C)CCCOC2)c(C)c1N. The molecule has 1 unspecified atom stereocenters. The van der Waals surface area contributed by atoms with Crippen LogP contribution in [0.25, 0.3) is 0 Å². The van der Waals surface area contributed by atoms with E-state index in [1.807, 2.05) is 19.9 Å². The molecule has 1 aromatic rings. The maximum Gasteiger partial charge on any atom is 0.241 e. The molecule has 1 saturated heterocycles. The molecule has 3 N–H and O–H groups in total. The summed E-state index contributed by atoms with van der Waals surface area (Å²) in [6, 6.07) is 1.82. The number of rotatable bonds is 3. The third-order valence-corrected chi connectivity index (χ3v) is 5.98. The van der Waals surface area contributed by atoms with Gasteiger partial charge in [0.1, 0.15) is 0 Å². The lowest BCUT2D eigenvalue weighted by Crippen LogP contribution is -2.51. The Hall–Kier alpha value is -1.11. The average Bonchev–Trinajstić information content (AvgIpc) is 2.35. The van der Waals surface area contributed by atoms with E-state index in [1.165, 1.54) is 0 Å². The van der Waals surface area contributed by atoms with E-state index >= 15 is 0 Å². The first-order chi connectivity index (χ1) is 9.66. The van der Waals surface area contributed by atoms with Crippen molar-refractivity contribution < 1.29 is 13.2 Å². The summed E-state index contributed by atoms with van der Waals surface area (Å²) in [7, 11) is -3.63. The lowest BCUT2D eigenvalue weighted by Gasteiger charge is -2.34. The fourth-order valence-electron chi connectivity index (χ4n) is 2.99. The number of aryl methyl sites for hydroxylation is 2. The van der Waals surface area contributed by atoms with E-state index in [0.29, 0.717) is 30.0 Å². The highest BCUT2D eigenvalue weighted by Crippen LogP contribution is 2.30. The summed E-state index contributed by atoms with van der Waals surface area (Å²) < 4.78 is 33.8. The Labute approximate surface area is 126 Å². The van der Waals surface area contributed by atoms with Crippen LogP contribution < -0.4 is 10.5 Å². The van der Waals surface area contributed by atoms with Crippen LogP contribution in [0.1, 0.15) is 36.5 Å². The second-order valence-corrected chi connectivity index (χ2v) is 7.82. The number of anilines is 1. The molecule has 0 spiro atoms. The van der Waals surface area contributed by atoms with Crippen molar-refractivity contribution in [1.29, 1.82) is 0 Å². The van der Waals surface area contributed by atoms with Crippen molar-refractivity contribution in [3.8, 4) is 0 Å². The fourth-order valence-corrected chi connectivity index (χ4v) is 4.89. The van der Waals surface area contributed by atoms with Gasteiger partial charge in [-0.3, -0.25) is 0 Å². The van der Waals surface area contributed by atoms with Crippen molar-refractivity contribution in [2.45, 2.75) is 51.0 Å². The van der Waals surface area contributed by atoms with Gasteiger partial charge in [0, 0.05) is 12.3 Å². The third kappa shape index (κ3) is 3.22. The van der Waals surface area contributed by atoms with E-state index < -0.39 is 15.6 Å². The van der Waals surface area contributed by atoms with Gasteiger partial charge in [-0.05, 0) is 57.2 Å². The average molecular weight is 312 g/mol. The van der Waals surface area contributed by atoms with Gasteiger partial charge in [-0.2, -0.15) is 0 Å². The minimum absolute atomic E-state index is 0.289. The minimum atomic E-state index is -3.63. The fraction of sp³-hybridized carbons (Fsp3) is 0.600. The predicted octanol–water partition coefficient (Wildman–Crippen LogP) is 2.04.